The Morgan fingerprint density at radius 1 is 1.53 bits per heavy atom. The number of aromatic nitrogens is 1. The van der Waals surface area contributed by atoms with Crippen LogP contribution in [0, 0.1) is 0 Å². The van der Waals surface area contributed by atoms with Crippen molar-refractivity contribution in [2.75, 3.05) is 0 Å². The quantitative estimate of drug-likeness (QED) is 0.843. The predicted octanol–water partition coefficient (Wildman–Crippen LogP) is 1.66. The van der Waals surface area contributed by atoms with E-state index in [2.05, 4.69) is 10.3 Å². The fourth-order valence-corrected chi connectivity index (χ4v) is 1.84. The smallest absolute Gasteiger partial charge is 0.219 e. The van der Waals surface area contributed by atoms with Crippen molar-refractivity contribution >= 4 is 5.91 Å². The van der Waals surface area contributed by atoms with Crippen LogP contribution in [0.5, 0.6) is 0 Å². The first-order valence-corrected chi connectivity index (χ1v) is 6.08. The maximum Gasteiger partial charge on any atom is 0.219 e. The summed E-state index contributed by atoms with van der Waals surface area (Å²) in [7, 11) is 0. The van der Waals surface area contributed by atoms with E-state index in [4.69, 9.17) is 4.74 Å². The number of hydrogen-bond acceptors (Lipinski definition) is 3. The molecule has 2 rings (SSSR count). The van der Waals surface area contributed by atoms with Gasteiger partial charge >= 0.3 is 0 Å². The molecule has 4 heteroatoms. The molecular formula is C13H18N2O2. The van der Waals surface area contributed by atoms with Gasteiger partial charge in [-0.15, -0.1) is 0 Å². The minimum Gasteiger partial charge on any atom is -0.372 e. The molecule has 1 fully saturated rings. The third-order valence-electron chi connectivity index (χ3n) is 2.97. The summed E-state index contributed by atoms with van der Waals surface area (Å²) in [6, 6.07) is 6.10. The van der Waals surface area contributed by atoms with E-state index in [9.17, 15) is 4.79 Å². The molecule has 4 nitrogen and oxygen atoms in total. The van der Waals surface area contributed by atoms with Gasteiger partial charge in [0.2, 0.25) is 5.91 Å². The number of pyridine rings is 1. The molecule has 1 heterocycles. The van der Waals surface area contributed by atoms with Crippen molar-refractivity contribution in [3.8, 4) is 0 Å². The fraction of sp³-hybridized carbons (Fsp3) is 0.538. The number of rotatable bonds is 5. The molecule has 1 amide bonds. The molecule has 1 aromatic heterocycles. The molecule has 1 N–H and O–H groups in total. The van der Waals surface area contributed by atoms with Gasteiger partial charge in [0.15, 0.2) is 0 Å². The van der Waals surface area contributed by atoms with Crippen molar-refractivity contribution in [1.29, 1.82) is 0 Å². The van der Waals surface area contributed by atoms with Gasteiger partial charge in [-0.05, 0) is 25.0 Å². The van der Waals surface area contributed by atoms with Gasteiger partial charge in [-0.3, -0.25) is 9.78 Å². The van der Waals surface area contributed by atoms with E-state index >= 15 is 0 Å². The Bertz CT molecular complexity index is 361. The molecule has 92 valence electrons. The normalized spacial score (nSPS) is 22.9. The monoisotopic (exact) mass is 234 g/mol. The Labute approximate surface area is 101 Å². The van der Waals surface area contributed by atoms with Gasteiger partial charge in [0, 0.05) is 18.7 Å². The molecule has 1 aliphatic carbocycles. The van der Waals surface area contributed by atoms with Gasteiger partial charge in [0.05, 0.1) is 18.4 Å². The number of ether oxygens (including phenoxy) is 1. The first-order chi connectivity index (χ1) is 8.28. The highest BCUT2D eigenvalue weighted by atomic mass is 16.5. The number of carbonyl (C=O) groups excluding carboxylic acids is 1. The first kappa shape index (κ1) is 12.0. The summed E-state index contributed by atoms with van der Waals surface area (Å²) in [5.74, 6) is 0.123. The van der Waals surface area contributed by atoms with Gasteiger partial charge in [0.25, 0.3) is 0 Å². The van der Waals surface area contributed by atoms with Crippen LogP contribution in [0.1, 0.15) is 31.9 Å². The van der Waals surface area contributed by atoms with E-state index in [0.717, 1.165) is 18.5 Å². The lowest BCUT2D eigenvalue weighted by molar-refractivity contribution is -0.123. The molecule has 17 heavy (non-hydrogen) atoms. The lowest BCUT2D eigenvalue weighted by Crippen LogP contribution is -2.47. The Balaban J connectivity index is 1.63. The van der Waals surface area contributed by atoms with Gasteiger partial charge in [0.1, 0.15) is 0 Å². The van der Waals surface area contributed by atoms with E-state index in [0.29, 0.717) is 19.1 Å². The molecule has 1 aliphatic rings. The summed E-state index contributed by atoms with van der Waals surface area (Å²) < 4.78 is 5.70. The summed E-state index contributed by atoms with van der Waals surface area (Å²) in [5.41, 5.74) is 0.952. The molecule has 1 aromatic rings. The zero-order valence-corrected chi connectivity index (χ0v) is 10.1. The van der Waals surface area contributed by atoms with Gasteiger partial charge < -0.3 is 10.1 Å². The van der Waals surface area contributed by atoms with E-state index in [1.165, 1.54) is 0 Å². The third kappa shape index (κ3) is 3.53. The van der Waals surface area contributed by atoms with Gasteiger partial charge in [-0.25, -0.2) is 0 Å². The number of nitrogens with zero attached hydrogens (tertiary/aromatic N) is 1. The van der Waals surface area contributed by atoms with E-state index < -0.39 is 0 Å². The van der Waals surface area contributed by atoms with Crippen molar-refractivity contribution in [3.63, 3.8) is 0 Å². The zero-order valence-electron chi connectivity index (χ0n) is 10.1. The minimum atomic E-state index is 0.123. The molecule has 0 bridgehead atoms. The number of hydrogen-bond donors (Lipinski definition) is 1. The topological polar surface area (TPSA) is 51.2 Å². The van der Waals surface area contributed by atoms with Crippen molar-refractivity contribution in [2.45, 2.75) is 44.9 Å². The standard InChI is InChI=1S/C13H18N2O2/c1-2-13(16)15-11-7-12(8-11)17-9-10-5-3-4-6-14-10/h3-6,11-12H,2,7-9H2,1H3,(H,15,16). The van der Waals surface area contributed by atoms with Gasteiger partial charge in [-0.2, -0.15) is 0 Å². The maximum atomic E-state index is 11.1. The highest BCUT2D eigenvalue weighted by Gasteiger charge is 2.30. The molecule has 0 unspecified atom stereocenters. The van der Waals surface area contributed by atoms with Crippen LogP contribution in [0.15, 0.2) is 24.4 Å². The minimum absolute atomic E-state index is 0.123. The third-order valence-corrected chi connectivity index (χ3v) is 2.97. The molecule has 0 saturated heterocycles. The number of amides is 1. The molecule has 0 atom stereocenters. The number of carbonyl (C=O) groups is 1. The molecule has 0 aromatic carbocycles. The molecular weight excluding hydrogens is 216 g/mol. The van der Waals surface area contributed by atoms with Crippen LogP contribution in [-0.4, -0.2) is 23.0 Å². The van der Waals surface area contributed by atoms with Crippen LogP contribution in [0.4, 0.5) is 0 Å². The summed E-state index contributed by atoms with van der Waals surface area (Å²) in [4.78, 5) is 15.3. The predicted molar refractivity (Wildman–Crippen MR) is 64.3 cm³/mol. The highest BCUT2D eigenvalue weighted by molar-refractivity contribution is 5.75. The van der Waals surface area contributed by atoms with Crippen LogP contribution in [0.3, 0.4) is 0 Å². The highest BCUT2D eigenvalue weighted by Crippen LogP contribution is 2.24. The summed E-state index contributed by atoms with van der Waals surface area (Å²) in [6.07, 6.45) is 4.41. The molecule has 1 saturated carbocycles. The average Bonchev–Trinajstić information content (AvgIpc) is 2.32. The van der Waals surface area contributed by atoms with Crippen molar-refractivity contribution < 1.29 is 9.53 Å². The van der Waals surface area contributed by atoms with Crippen molar-refractivity contribution in [1.82, 2.24) is 10.3 Å². The molecule has 0 spiro atoms. The second kappa shape index (κ2) is 5.77. The fourth-order valence-electron chi connectivity index (χ4n) is 1.84. The van der Waals surface area contributed by atoms with Crippen LogP contribution >= 0.6 is 0 Å². The van der Waals surface area contributed by atoms with E-state index in [1.807, 2.05) is 25.1 Å². The maximum absolute atomic E-state index is 11.1. The van der Waals surface area contributed by atoms with Crippen LogP contribution in [0.2, 0.25) is 0 Å². The molecule has 0 aliphatic heterocycles. The average molecular weight is 234 g/mol. The molecule has 0 radical (unpaired) electrons. The second-order valence-corrected chi connectivity index (χ2v) is 4.34. The van der Waals surface area contributed by atoms with Gasteiger partial charge in [-0.1, -0.05) is 13.0 Å². The first-order valence-electron chi connectivity index (χ1n) is 6.08. The Morgan fingerprint density at radius 2 is 2.35 bits per heavy atom. The van der Waals surface area contributed by atoms with Crippen molar-refractivity contribution in [2.24, 2.45) is 0 Å². The summed E-state index contributed by atoms with van der Waals surface area (Å²) >= 11 is 0. The van der Waals surface area contributed by atoms with Crippen LogP contribution in [-0.2, 0) is 16.1 Å². The zero-order chi connectivity index (χ0) is 12.1. The van der Waals surface area contributed by atoms with Crippen LogP contribution < -0.4 is 5.32 Å². The Kier molecular flexibility index (Phi) is 4.09. The van der Waals surface area contributed by atoms with Crippen molar-refractivity contribution in [3.05, 3.63) is 30.1 Å². The second-order valence-electron chi connectivity index (χ2n) is 4.34. The van der Waals surface area contributed by atoms with E-state index in [-0.39, 0.29) is 12.0 Å². The van der Waals surface area contributed by atoms with E-state index in [1.54, 1.807) is 6.20 Å². The number of nitrogens with one attached hydrogen (secondary N) is 1. The lowest BCUT2D eigenvalue weighted by atomic mass is 9.89. The SMILES string of the molecule is CCC(=O)NC1CC(OCc2ccccn2)C1. The Morgan fingerprint density at radius 3 is 3.00 bits per heavy atom. The van der Waals surface area contributed by atoms with Crippen LogP contribution in [0.25, 0.3) is 0 Å². The largest absolute Gasteiger partial charge is 0.372 e. The Hall–Kier alpha value is -1.42. The summed E-state index contributed by atoms with van der Waals surface area (Å²) in [6.45, 7) is 2.42. The lowest BCUT2D eigenvalue weighted by Gasteiger charge is -2.35. The summed E-state index contributed by atoms with van der Waals surface area (Å²) in [5, 5.41) is 2.96.